The fourth-order valence-corrected chi connectivity index (χ4v) is 2.08. The highest BCUT2D eigenvalue weighted by molar-refractivity contribution is 5.64. The lowest BCUT2D eigenvalue weighted by molar-refractivity contribution is -0.384. The quantitative estimate of drug-likeness (QED) is 0.661. The monoisotopic (exact) mass is 258 g/mol. The second kappa shape index (κ2) is 4.49. The minimum absolute atomic E-state index is 0.0953. The van der Waals surface area contributed by atoms with Crippen LogP contribution in [0.1, 0.15) is 6.42 Å². The van der Waals surface area contributed by atoms with Gasteiger partial charge >= 0.3 is 0 Å². The van der Waals surface area contributed by atoms with Crippen molar-refractivity contribution in [1.82, 2.24) is 0 Å². The lowest BCUT2D eigenvalue weighted by atomic mass is 10.1. The molecule has 0 aliphatic carbocycles. The van der Waals surface area contributed by atoms with E-state index in [2.05, 4.69) is 0 Å². The second-order valence-electron chi connectivity index (χ2n) is 4.37. The fourth-order valence-electron chi connectivity index (χ4n) is 2.08. The molecule has 7 heteroatoms. The molecular weight excluding hydrogens is 246 g/mol. The standard InChI is InChI=1S/C11H12F2N2O3/c12-8-1-2-9(10(5-8)15(17)18)14-4-3-11(13,6-14)7-16/h1-2,5,16H,3-4,6-7H2/t11-/m1/s1. The summed E-state index contributed by atoms with van der Waals surface area (Å²) in [4.78, 5) is 11.6. The Kier molecular flexibility index (Phi) is 3.16. The summed E-state index contributed by atoms with van der Waals surface area (Å²) in [6.07, 6.45) is 0.0953. The Bertz CT molecular complexity index is 483. The van der Waals surface area contributed by atoms with E-state index in [4.69, 9.17) is 5.11 Å². The molecule has 1 aliphatic heterocycles. The van der Waals surface area contributed by atoms with Gasteiger partial charge in [0.25, 0.3) is 5.69 Å². The molecule has 1 N–H and O–H groups in total. The minimum Gasteiger partial charge on any atom is -0.393 e. The molecule has 2 rings (SSSR count). The normalized spacial score (nSPS) is 23.4. The van der Waals surface area contributed by atoms with Crippen LogP contribution in [-0.4, -0.2) is 35.4 Å². The predicted octanol–water partition coefficient (Wildman–Crippen LogP) is 1.64. The van der Waals surface area contributed by atoms with Crippen molar-refractivity contribution < 1.29 is 18.8 Å². The van der Waals surface area contributed by atoms with Crippen LogP contribution >= 0.6 is 0 Å². The van der Waals surface area contributed by atoms with Crippen molar-refractivity contribution in [3.8, 4) is 0 Å². The number of benzene rings is 1. The zero-order chi connectivity index (χ0) is 13.3. The number of nitrogens with zero attached hydrogens (tertiary/aromatic N) is 2. The molecule has 98 valence electrons. The average Bonchev–Trinajstić information content (AvgIpc) is 2.72. The van der Waals surface area contributed by atoms with Crippen LogP contribution < -0.4 is 4.90 Å². The van der Waals surface area contributed by atoms with Gasteiger partial charge < -0.3 is 10.0 Å². The lowest BCUT2D eigenvalue weighted by Gasteiger charge is -2.20. The molecule has 0 bridgehead atoms. The van der Waals surface area contributed by atoms with Crippen molar-refractivity contribution in [3.63, 3.8) is 0 Å². The highest BCUT2D eigenvalue weighted by Crippen LogP contribution is 2.35. The highest BCUT2D eigenvalue weighted by atomic mass is 19.1. The van der Waals surface area contributed by atoms with Gasteiger partial charge in [-0.05, 0) is 12.1 Å². The summed E-state index contributed by atoms with van der Waals surface area (Å²) in [6.45, 7) is -0.502. The number of hydrogen-bond acceptors (Lipinski definition) is 4. The van der Waals surface area contributed by atoms with Crippen molar-refractivity contribution in [2.75, 3.05) is 24.6 Å². The largest absolute Gasteiger partial charge is 0.393 e. The molecule has 1 aromatic rings. The van der Waals surface area contributed by atoms with E-state index >= 15 is 0 Å². The molecule has 0 saturated carbocycles. The summed E-state index contributed by atoms with van der Waals surface area (Å²) < 4.78 is 26.8. The van der Waals surface area contributed by atoms with Crippen LogP contribution in [0.25, 0.3) is 0 Å². The summed E-state index contributed by atoms with van der Waals surface area (Å²) in [7, 11) is 0. The van der Waals surface area contributed by atoms with Crippen molar-refractivity contribution in [3.05, 3.63) is 34.1 Å². The third kappa shape index (κ3) is 2.26. The van der Waals surface area contributed by atoms with Crippen LogP contribution in [0.4, 0.5) is 20.2 Å². The smallest absolute Gasteiger partial charge is 0.295 e. The maximum absolute atomic E-state index is 13.9. The first kappa shape index (κ1) is 12.7. The SMILES string of the molecule is O=[N+]([O-])c1cc(F)ccc1N1CC[C@](F)(CO)C1. The van der Waals surface area contributed by atoms with Gasteiger partial charge in [-0.1, -0.05) is 0 Å². The molecule has 1 aromatic carbocycles. The van der Waals surface area contributed by atoms with Crippen LogP contribution in [0.2, 0.25) is 0 Å². The first-order valence-electron chi connectivity index (χ1n) is 5.44. The number of alkyl halides is 1. The number of rotatable bonds is 3. The molecule has 0 radical (unpaired) electrons. The van der Waals surface area contributed by atoms with Crippen molar-refractivity contribution in [2.24, 2.45) is 0 Å². The first-order chi connectivity index (χ1) is 8.45. The van der Waals surface area contributed by atoms with E-state index in [1.165, 1.54) is 11.0 Å². The van der Waals surface area contributed by atoms with Gasteiger partial charge in [-0.25, -0.2) is 8.78 Å². The number of anilines is 1. The average molecular weight is 258 g/mol. The third-order valence-corrected chi connectivity index (χ3v) is 3.06. The van der Waals surface area contributed by atoms with Gasteiger partial charge in [-0.15, -0.1) is 0 Å². The third-order valence-electron chi connectivity index (χ3n) is 3.06. The minimum atomic E-state index is -1.75. The van der Waals surface area contributed by atoms with Crippen LogP contribution in [0.5, 0.6) is 0 Å². The predicted molar refractivity (Wildman–Crippen MR) is 60.8 cm³/mol. The van der Waals surface area contributed by atoms with E-state index in [0.29, 0.717) is 0 Å². The number of hydrogen-bond donors (Lipinski definition) is 1. The van der Waals surface area contributed by atoms with Crippen molar-refractivity contribution in [2.45, 2.75) is 12.1 Å². The summed E-state index contributed by atoms with van der Waals surface area (Å²) >= 11 is 0. The maximum atomic E-state index is 13.9. The Labute approximate surface area is 102 Å². The Morgan fingerprint density at radius 3 is 2.83 bits per heavy atom. The Morgan fingerprint density at radius 1 is 1.56 bits per heavy atom. The van der Waals surface area contributed by atoms with Gasteiger partial charge in [0.05, 0.1) is 24.1 Å². The van der Waals surface area contributed by atoms with Crippen molar-refractivity contribution in [1.29, 1.82) is 0 Å². The van der Waals surface area contributed by atoms with Gasteiger partial charge in [0, 0.05) is 13.0 Å². The molecular formula is C11H12F2N2O3. The molecule has 5 nitrogen and oxygen atoms in total. The van der Waals surface area contributed by atoms with Crippen molar-refractivity contribution >= 4 is 11.4 Å². The van der Waals surface area contributed by atoms with E-state index in [1.54, 1.807) is 0 Å². The van der Waals surface area contributed by atoms with Crippen LogP contribution in [-0.2, 0) is 0 Å². The Hall–Kier alpha value is -1.76. The second-order valence-corrected chi connectivity index (χ2v) is 4.37. The lowest BCUT2D eigenvalue weighted by Crippen LogP contribution is -2.32. The molecule has 0 spiro atoms. The zero-order valence-corrected chi connectivity index (χ0v) is 9.47. The van der Waals surface area contributed by atoms with Gasteiger partial charge in [-0.3, -0.25) is 10.1 Å². The molecule has 1 aliphatic rings. The van der Waals surface area contributed by atoms with Gasteiger partial charge in [0.15, 0.2) is 5.67 Å². The molecule has 18 heavy (non-hydrogen) atoms. The van der Waals surface area contributed by atoms with Gasteiger partial charge in [-0.2, -0.15) is 0 Å². The van der Waals surface area contributed by atoms with Crippen LogP contribution in [0, 0.1) is 15.9 Å². The number of aliphatic hydroxyl groups excluding tert-OH is 1. The Morgan fingerprint density at radius 2 is 2.28 bits per heavy atom. The van der Waals surface area contributed by atoms with Gasteiger partial charge in [0.2, 0.25) is 0 Å². The zero-order valence-electron chi connectivity index (χ0n) is 9.47. The van der Waals surface area contributed by atoms with E-state index in [0.717, 1.165) is 12.1 Å². The van der Waals surface area contributed by atoms with E-state index in [1.807, 2.05) is 0 Å². The first-order valence-corrected chi connectivity index (χ1v) is 5.44. The number of nitro groups is 1. The molecule has 0 amide bonds. The summed E-state index contributed by atoms with van der Waals surface area (Å²) in [5, 5.41) is 19.7. The molecule has 1 heterocycles. The molecule has 0 unspecified atom stereocenters. The van der Waals surface area contributed by atoms with Crippen LogP contribution in [0.3, 0.4) is 0 Å². The van der Waals surface area contributed by atoms with E-state index < -0.39 is 28.7 Å². The van der Waals surface area contributed by atoms with E-state index in [9.17, 15) is 18.9 Å². The van der Waals surface area contributed by atoms with E-state index in [-0.39, 0.29) is 25.2 Å². The summed E-state index contributed by atoms with van der Waals surface area (Å²) in [5.74, 6) is -0.710. The molecule has 1 atom stereocenters. The highest BCUT2D eigenvalue weighted by Gasteiger charge is 2.39. The molecule has 1 saturated heterocycles. The van der Waals surface area contributed by atoms with Crippen LogP contribution in [0.15, 0.2) is 18.2 Å². The summed E-state index contributed by atoms with van der Waals surface area (Å²) in [5.41, 5.74) is -1.96. The number of aliphatic hydroxyl groups is 1. The summed E-state index contributed by atoms with van der Waals surface area (Å²) in [6, 6.07) is 3.17. The Balaban J connectivity index is 2.32. The topological polar surface area (TPSA) is 66.6 Å². The fraction of sp³-hybridized carbons (Fsp3) is 0.455. The number of nitro benzene ring substituents is 1. The van der Waals surface area contributed by atoms with Gasteiger partial charge in [0.1, 0.15) is 11.5 Å². The molecule has 1 fully saturated rings. The molecule has 0 aromatic heterocycles. The maximum Gasteiger partial charge on any atom is 0.295 e. The number of halogens is 2.